The van der Waals surface area contributed by atoms with Crippen LogP contribution in [-0.4, -0.2) is 31.3 Å². The number of aliphatic carboxylic acids is 1. The first kappa shape index (κ1) is 13.5. The lowest BCUT2D eigenvalue weighted by atomic mass is 9.96. The normalized spacial score (nSPS) is 12.3. The second-order valence-corrected chi connectivity index (χ2v) is 4.64. The third-order valence-electron chi connectivity index (χ3n) is 2.75. The molecule has 0 aliphatic rings. The molecule has 0 saturated carbocycles. The molecule has 1 unspecified atom stereocenters. The second-order valence-electron chi connectivity index (χ2n) is 4.23. The molecule has 100 valence electrons. The van der Waals surface area contributed by atoms with Crippen molar-refractivity contribution in [3.8, 4) is 0 Å². The van der Waals surface area contributed by atoms with Gasteiger partial charge >= 0.3 is 5.97 Å². The van der Waals surface area contributed by atoms with Crippen molar-refractivity contribution in [3.63, 3.8) is 0 Å². The molecule has 1 heterocycles. The van der Waals surface area contributed by atoms with Gasteiger partial charge in [0.05, 0.1) is 13.0 Å². The van der Waals surface area contributed by atoms with Gasteiger partial charge in [-0.3, -0.25) is 4.79 Å². The van der Waals surface area contributed by atoms with E-state index >= 15 is 0 Å². The number of rotatable bonds is 5. The Morgan fingerprint density at radius 3 is 2.74 bits per heavy atom. The van der Waals surface area contributed by atoms with Crippen molar-refractivity contribution in [1.29, 1.82) is 0 Å². The second kappa shape index (κ2) is 5.79. The average Bonchev–Trinajstić information content (AvgIpc) is 2.76. The van der Waals surface area contributed by atoms with Gasteiger partial charge in [0.25, 0.3) is 0 Å². The maximum absolute atomic E-state index is 11.3. The summed E-state index contributed by atoms with van der Waals surface area (Å²) < 4.78 is 0. The fourth-order valence-electron chi connectivity index (χ4n) is 1.80. The molecule has 0 aliphatic carbocycles. The van der Waals surface area contributed by atoms with Crippen molar-refractivity contribution >= 4 is 17.6 Å². The molecule has 0 fully saturated rings. The monoisotopic (exact) mass is 280 g/mol. The van der Waals surface area contributed by atoms with E-state index in [4.69, 9.17) is 11.6 Å². The van der Waals surface area contributed by atoms with Crippen LogP contribution in [0.5, 0.6) is 0 Å². The molecule has 19 heavy (non-hydrogen) atoms. The highest BCUT2D eigenvalue weighted by Gasteiger charge is 2.21. The van der Waals surface area contributed by atoms with Crippen LogP contribution in [-0.2, 0) is 24.7 Å². The van der Waals surface area contributed by atoms with E-state index in [9.17, 15) is 9.90 Å². The molecule has 2 rings (SSSR count). The fraction of sp³-hybridized carbons (Fsp3) is 0.333. The number of aromatic nitrogens is 4. The van der Waals surface area contributed by atoms with Crippen molar-refractivity contribution in [2.24, 2.45) is 13.0 Å². The number of carboxylic acids is 1. The number of halogens is 1. The van der Waals surface area contributed by atoms with Crippen LogP contribution in [0.25, 0.3) is 0 Å². The molecule has 7 heteroatoms. The predicted octanol–water partition coefficient (Wildman–Crippen LogP) is 1.35. The molecule has 0 bridgehead atoms. The zero-order valence-electron chi connectivity index (χ0n) is 10.3. The van der Waals surface area contributed by atoms with Crippen molar-refractivity contribution in [3.05, 3.63) is 40.7 Å². The third-order valence-corrected chi connectivity index (χ3v) is 3.12. The van der Waals surface area contributed by atoms with Crippen LogP contribution in [0.15, 0.2) is 24.3 Å². The molecule has 1 aromatic carbocycles. The maximum atomic E-state index is 11.3. The summed E-state index contributed by atoms with van der Waals surface area (Å²) in [4.78, 5) is 12.6. The number of carbonyl (C=O) groups is 1. The average molecular weight is 281 g/mol. The van der Waals surface area contributed by atoms with Gasteiger partial charge in [0.15, 0.2) is 5.82 Å². The topological polar surface area (TPSA) is 80.9 Å². The van der Waals surface area contributed by atoms with Gasteiger partial charge in [0.2, 0.25) is 0 Å². The zero-order chi connectivity index (χ0) is 13.8. The highest BCUT2D eigenvalue weighted by atomic mass is 35.5. The molecule has 0 amide bonds. The Labute approximate surface area is 115 Å². The molecule has 1 N–H and O–H groups in total. The standard InChI is InChI=1S/C12H13ClN4O2/c1-17-15-11(14-16-17)7-9(12(18)19)6-8-4-2-3-5-10(8)13/h2-5,9H,6-7H2,1H3,(H,18,19). The van der Waals surface area contributed by atoms with Crippen molar-refractivity contribution < 1.29 is 9.90 Å². The Bertz CT molecular complexity index is 585. The summed E-state index contributed by atoms with van der Waals surface area (Å²) in [6.45, 7) is 0. The molecule has 6 nitrogen and oxygen atoms in total. The van der Waals surface area contributed by atoms with Gasteiger partial charge in [0.1, 0.15) is 0 Å². The van der Waals surface area contributed by atoms with Gasteiger partial charge < -0.3 is 5.11 Å². The Hall–Kier alpha value is -1.95. The lowest BCUT2D eigenvalue weighted by Crippen LogP contribution is -2.20. The van der Waals surface area contributed by atoms with E-state index in [1.54, 1.807) is 13.1 Å². The van der Waals surface area contributed by atoms with Gasteiger partial charge in [-0.25, -0.2) is 0 Å². The van der Waals surface area contributed by atoms with Crippen LogP contribution < -0.4 is 0 Å². The highest BCUT2D eigenvalue weighted by molar-refractivity contribution is 6.31. The number of carboxylic acid groups (broad SMARTS) is 1. The van der Waals surface area contributed by atoms with Crippen LogP contribution in [0, 0.1) is 5.92 Å². The van der Waals surface area contributed by atoms with E-state index in [0.717, 1.165) is 5.56 Å². The van der Waals surface area contributed by atoms with Crippen LogP contribution in [0.4, 0.5) is 0 Å². The van der Waals surface area contributed by atoms with Gasteiger partial charge in [-0.15, -0.1) is 10.2 Å². The summed E-state index contributed by atoms with van der Waals surface area (Å²) in [5, 5.41) is 21.3. The number of nitrogens with zero attached hydrogens (tertiary/aromatic N) is 4. The largest absolute Gasteiger partial charge is 0.481 e. The van der Waals surface area contributed by atoms with E-state index in [-0.39, 0.29) is 6.42 Å². The number of tetrazole rings is 1. The van der Waals surface area contributed by atoms with Crippen molar-refractivity contribution in [2.45, 2.75) is 12.8 Å². The number of benzene rings is 1. The van der Waals surface area contributed by atoms with Crippen molar-refractivity contribution in [2.75, 3.05) is 0 Å². The zero-order valence-corrected chi connectivity index (χ0v) is 11.1. The minimum Gasteiger partial charge on any atom is -0.481 e. The molecule has 1 aromatic heterocycles. The third kappa shape index (κ3) is 3.51. The molecule has 0 aliphatic heterocycles. The van der Waals surface area contributed by atoms with E-state index in [2.05, 4.69) is 15.4 Å². The van der Waals surface area contributed by atoms with E-state index < -0.39 is 11.9 Å². The Morgan fingerprint density at radius 1 is 1.42 bits per heavy atom. The van der Waals surface area contributed by atoms with Gasteiger partial charge in [-0.05, 0) is 23.3 Å². The summed E-state index contributed by atoms with van der Waals surface area (Å²) in [7, 11) is 1.64. The summed E-state index contributed by atoms with van der Waals surface area (Å²) in [5.41, 5.74) is 0.806. The van der Waals surface area contributed by atoms with E-state index in [0.29, 0.717) is 17.3 Å². The van der Waals surface area contributed by atoms with E-state index in [1.807, 2.05) is 18.2 Å². The maximum Gasteiger partial charge on any atom is 0.307 e. The first-order chi connectivity index (χ1) is 9.06. The van der Waals surface area contributed by atoms with Crippen molar-refractivity contribution in [1.82, 2.24) is 20.2 Å². The summed E-state index contributed by atoms with van der Waals surface area (Å²) in [6.07, 6.45) is 0.571. The lowest BCUT2D eigenvalue weighted by molar-refractivity contribution is -0.141. The number of hydrogen-bond donors (Lipinski definition) is 1. The summed E-state index contributed by atoms with van der Waals surface area (Å²) in [5.74, 6) is -1.10. The van der Waals surface area contributed by atoms with Crippen LogP contribution in [0.2, 0.25) is 5.02 Å². The molecule has 1 atom stereocenters. The predicted molar refractivity (Wildman–Crippen MR) is 68.8 cm³/mol. The number of hydrogen-bond acceptors (Lipinski definition) is 4. The van der Waals surface area contributed by atoms with Gasteiger partial charge in [-0.1, -0.05) is 29.8 Å². The molecular formula is C12H13ClN4O2. The van der Waals surface area contributed by atoms with Crippen LogP contribution >= 0.6 is 11.6 Å². The first-order valence-corrected chi connectivity index (χ1v) is 6.13. The Balaban J connectivity index is 2.13. The lowest BCUT2D eigenvalue weighted by Gasteiger charge is -2.11. The molecule has 0 radical (unpaired) electrons. The highest BCUT2D eigenvalue weighted by Crippen LogP contribution is 2.20. The quantitative estimate of drug-likeness (QED) is 0.894. The molecule has 0 spiro atoms. The minimum atomic E-state index is -0.896. The van der Waals surface area contributed by atoms with E-state index in [1.165, 1.54) is 4.80 Å². The SMILES string of the molecule is Cn1nnc(CC(Cc2ccccc2Cl)C(=O)O)n1. The minimum absolute atomic E-state index is 0.231. The van der Waals surface area contributed by atoms with Crippen LogP contribution in [0.3, 0.4) is 0 Å². The molecular weight excluding hydrogens is 268 g/mol. The fourth-order valence-corrected chi connectivity index (χ4v) is 2.01. The Kier molecular flexibility index (Phi) is 4.11. The van der Waals surface area contributed by atoms with Crippen LogP contribution in [0.1, 0.15) is 11.4 Å². The number of aryl methyl sites for hydroxylation is 1. The smallest absolute Gasteiger partial charge is 0.307 e. The molecule has 2 aromatic rings. The summed E-state index contributed by atoms with van der Waals surface area (Å²) in [6, 6.07) is 7.21. The first-order valence-electron chi connectivity index (χ1n) is 5.75. The van der Waals surface area contributed by atoms with Gasteiger partial charge in [-0.2, -0.15) is 4.80 Å². The van der Waals surface area contributed by atoms with Gasteiger partial charge in [0, 0.05) is 11.4 Å². The molecule has 0 saturated heterocycles. The summed E-state index contributed by atoms with van der Waals surface area (Å²) >= 11 is 6.04. The Morgan fingerprint density at radius 2 is 2.16 bits per heavy atom.